The van der Waals surface area contributed by atoms with E-state index < -0.39 is 0 Å². The van der Waals surface area contributed by atoms with E-state index in [1.54, 1.807) is 30.4 Å². The fourth-order valence-corrected chi connectivity index (χ4v) is 2.95. The second-order valence-electron chi connectivity index (χ2n) is 4.56. The van der Waals surface area contributed by atoms with Gasteiger partial charge in [-0.2, -0.15) is 0 Å². The van der Waals surface area contributed by atoms with Crippen molar-refractivity contribution in [1.82, 2.24) is 15.3 Å². The first-order valence-electron chi connectivity index (χ1n) is 6.34. The van der Waals surface area contributed by atoms with Gasteiger partial charge in [-0.15, -0.1) is 11.8 Å². The number of hydrogen-bond acceptors (Lipinski definition) is 4. The Bertz CT molecular complexity index is 528. The van der Waals surface area contributed by atoms with E-state index in [2.05, 4.69) is 47.3 Å². The van der Waals surface area contributed by atoms with Crippen LogP contribution in [-0.4, -0.2) is 22.8 Å². The third kappa shape index (κ3) is 3.78. The van der Waals surface area contributed by atoms with Gasteiger partial charge in [0.05, 0.1) is 6.20 Å². The van der Waals surface area contributed by atoms with Crippen molar-refractivity contribution < 1.29 is 0 Å². The topological polar surface area (TPSA) is 37.8 Å². The minimum absolute atomic E-state index is 0.326. The molecule has 1 aromatic heterocycles. The first-order chi connectivity index (χ1) is 9.20. The molecule has 1 unspecified atom stereocenters. The number of hydrogen-bond donors (Lipinski definition) is 1. The van der Waals surface area contributed by atoms with Crippen LogP contribution in [0.2, 0.25) is 0 Å². The summed E-state index contributed by atoms with van der Waals surface area (Å²) >= 11 is 1.73. The molecule has 3 nitrogen and oxygen atoms in total. The molecule has 0 aliphatic carbocycles. The number of aryl methyl sites for hydroxylation is 2. The predicted octanol–water partition coefficient (Wildman–Crippen LogP) is 3.15. The summed E-state index contributed by atoms with van der Waals surface area (Å²) in [5, 5.41) is 4.35. The number of nitrogens with one attached hydrogen (secondary N) is 1. The molecule has 0 bridgehead atoms. The van der Waals surface area contributed by atoms with E-state index in [1.807, 2.05) is 7.05 Å². The van der Waals surface area contributed by atoms with Crippen molar-refractivity contribution in [3.05, 3.63) is 53.5 Å². The zero-order chi connectivity index (χ0) is 13.7. The summed E-state index contributed by atoms with van der Waals surface area (Å²) in [6.07, 6.45) is 5.24. The summed E-state index contributed by atoms with van der Waals surface area (Å²) < 4.78 is 0. The molecule has 19 heavy (non-hydrogen) atoms. The van der Waals surface area contributed by atoms with Crippen LogP contribution in [0.15, 0.2) is 41.8 Å². The fourth-order valence-electron chi connectivity index (χ4n) is 1.99. The van der Waals surface area contributed by atoms with E-state index in [1.165, 1.54) is 16.7 Å². The number of aromatic nitrogens is 2. The van der Waals surface area contributed by atoms with Crippen LogP contribution >= 0.6 is 11.8 Å². The molecule has 2 rings (SSSR count). The van der Waals surface area contributed by atoms with Crippen LogP contribution in [0, 0.1) is 13.8 Å². The minimum atomic E-state index is 0.326. The maximum atomic E-state index is 4.29. The van der Waals surface area contributed by atoms with Crippen molar-refractivity contribution in [2.24, 2.45) is 0 Å². The summed E-state index contributed by atoms with van der Waals surface area (Å²) in [4.78, 5) is 8.38. The maximum Gasteiger partial charge on any atom is 0.114 e. The van der Waals surface area contributed by atoms with E-state index in [0.29, 0.717) is 6.04 Å². The molecule has 4 heteroatoms. The molecule has 1 atom stereocenters. The Balaban J connectivity index is 2.10. The van der Waals surface area contributed by atoms with E-state index in [9.17, 15) is 0 Å². The number of benzene rings is 1. The third-order valence-corrected chi connectivity index (χ3v) is 4.10. The van der Waals surface area contributed by atoms with Crippen LogP contribution in [-0.2, 0) is 0 Å². The lowest BCUT2D eigenvalue weighted by Gasteiger charge is -2.19. The average Bonchev–Trinajstić information content (AvgIpc) is 2.44. The normalized spacial score (nSPS) is 12.4. The molecule has 0 saturated heterocycles. The quantitative estimate of drug-likeness (QED) is 0.849. The average molecular weight is 273 g/mol. The molecule has 0 aliphatic heterocycles. The molecule has 0 spiro atoms. The monoisotopic (exact) mass is 273 g/mol. The first kappa shape index (κ1) is 14.0. The van der Waals surface area contributed by atoms with Crippen molar-refractivity contribution in [3.63, 3.8) is 0 Å². The molecular weight excluding hydrogens is 254 g/mol. The molecule has 1 N–H and O–H groups in total. The van der Waals surface area contributed by atoms with Crippen LogP contribution < -0.4 is 5.32 Å². The Morgan fingerprint density at radius 2 is 2.11 bits per heavy atom. The lowest BCUT2D eigenvalue weighted by atomic mass is 10.0. The summed E-state index contributed by atoms with van der Waals surface area (Å²) in [7, 11) is 2.00. The van der Waals surface area contributed by atoms with Crippen molar-refractivity contribution >= 4 is 11.8 Å². The zero-order valence-corrected chi connectivity index (χ0v) is 12.4. The van der Waals surface area contributed by atoms with Gasteiger partial charge in [0.1, 0.15) is 5.03 Å². The third-order valence-electron chi connectivity index (χ3n) is 3.10. The highest BCUT2D eigenvalue weighted by Crippen LogP contribution is 2.25. The van der Waals surface area contributed by atoms with E-state index in [0.717, 1.165) is 10.8 Å². The van der Waals surface area contributed by atoms with Crippen molar-refractivity contribution in [3.8, 4) is 0 Å². The largest absolute Gasteiger partial charge is 0.312 e. The fraction of sp³-hybridized carbons (Fsp3) is 0.333. The minimum Gasteiger partial charge on any atom is -0.312 e. The van der Waals surface area contributed by atoms with Gasteiger partial charge < -0.3 is 5.32 Å². The van der Waals surface area contributed by atoms with E-state index in [4.69, 9.17) is 0 Å². The first-order valence-corrected chi connectivity index (χ1v) is 7.32. The summed E-state index contributed by atoms with van der Waals surface area (Å²) in [5.41, 5.74) is 3.98. The summed E-state index contributed by atoms with van der Waals surface area (Å²) in [6, 6.07) is 6.92. The van der Waals surface area contributed by atoms with Gasteiger partial charge in [-0.25, -0.2) is 4.98 Å². The van der Waals surface area contributed by atoms with Gasteiger partial charge in [-0.1, -0.05) is 23.8 Å². The van der Waals surface area contributed by atoms with Gasteiger partial charge in [0.2, 0.25) is 0 Å². The van der Waals surface area contributed by atoms with Gasteiger partial charge in [0.25, 0.3) is 0 Å². The summed E-state index contributed by atoms with van der Waals surface area (Å²) in [6.45, 7) is 4.29. The van der Waals surface area contributed by atoms with Crippen LogP contribution in [0.5, 0.6) is 0 Å². The Morgan fingerprint density at radius 3 is 2.79 bits per heavy atom. The number of rotatable bonds is 5. The molecule has 2 aromatic rings. The Labute approximate surface area is 118 Å². The maximum absolute atomic E-state index is 4.29. The summed E-state index contributed by atoms with van der Waals surface area (Å²) in [5.74, 6) is 0.944. The molecular formula is C15H19N3S. The van der Waals surface area contributed by atoms with Crippen LogP contribution in [0.25, 0.3) is 0 Å². The second-order valence-corrected chi connectivity index (χ2v) is 5.60. The van der Waals surface area contributed by atoms with Crippen molar-refractivity contribution in [1.29, 1.82) is 0 Å². The molecule has 0 saturated carbocycles. The van der Waals surface area contributed by atoms with Crippen molar-refractivity contribution in [2.75, 3.05) is 12.8 Å². The highest BCUT2D eigenvalue weighted by Gasteiger charge is 2.12. The smallest absolute Gasteiger partial charge is 0.114 e. The van der Waals surface area contributed by atoms with Gasteiger partial charge >= 0.3 is 0 Å². The zero-order valence-electron chi connectivity index (χ0n) is 11.6. The van der Waals surface area contributed by atoms with E-state index in [-0.39, 0.29) is 0 Å². The predicted molar refractivity (Wildman–Crippen MR) is 80.5 cm³/mol. The highest BCUT2D eigenvalue weighted by atomic mass is 32.2. The van der Waals surface area contributed by atoms with Gasteiger partial charge in [0.15, 0.2) is 0 Å². The molecule has 0 aliphatic rings. The highest BCUT2D eigenvalue weighted by molar-refractivity contribution is 7.99. The van der Waals surface area contributed by atoms with Gasteiger partial charge in [-0.3, -0.25) is 4.98 Å². The SMILES string of the molecule is CNC(CSc1cnccn1)c1cc(C)ccc1C. The Morgan fingerprint density at radius 1 is 1.26 bits per heavy atom. The molecule has 1 heterocycles. The molecule has 0 fully saturated rings. The van der Waals surface area contributed by atoms with Crippen molar-refractivity contribution in [2.45, 2.75) is 24.9 Å². The van der Waals surface area contributed by atoms with Crippen LogP contribution in [0.4, 0.5) is 0 Å². The lowest BCUT2D eigenvalue weighted by molar-refractivity contribution is 0.657. The van der Waals surface area contributed by atoms with E-state index >= 15 is 0 Å². The van der Waals surface area contributed by atoms with Gasteiger partial charge in [0, 0.05) is 24.2 Å². The van der Waals surface area contributed by atoms with Crippen LogP contribution in [0.3, 0.4) is 0 Å². The number of nitrogens with zero attached hydrogens (tertiary/aromatic N) is 2. The standard InChI is InChI=1S/C15H19N3S/c1-11-4-5-12(2)13(8-11)14(16-3)10-19-15-9-17-6-7-18-15/h4-9,14,16H,10H2,1-3H3. The Hall–Kier alpha value is -1.39. The Kier molecular flexibility index (Phi) is 4.93. The molecule has 0 radical (unpaired) electrons. The second kappa shape index (κ2) is 6.68. The molecule has 0 amide bonds. The molecule has 100 valence electrons. The lowest BCUT2D eigenvalue weighted by Crippen LogP contribution is -2.20. The molecule has 1 aromatic carbocycles. The van der Waals surface area contributed by atoms with Gasteiger partial charge in [-0.05, 0) is 32.0 Å². The number of thioether (sulfide) groups is 1. The van der Waals surface area contributed by atoms with Crippen LogP contribution in [0.1, 0.15) is 22.7 Å².